The van der Waals surface area contributed by atoms with Crippen LogP contribution in [0.2, 0.25) is 0 Å². The molecule has 1 amide bonds. The summed E-state index contributed by atoms with van der Waals surface area (Å²) in [4.78, 5) is 26.8. The SMILES string of the molecule is COc1ccc(-c2ccc(=O)n(CC3CCN(C(=O)C(C)(C)C)CC3)n2)cc1OC. The van der Waals surface area contributed by atoms with Gasteiger partial charge in [-0.15, -0.1) is 0 Å². The van der Waals surface area contributed by atoms with E-state index < -0.39 is 0 Å². The molecule has 7 nitrogen and oxygen atoms in total. The summed E-state index contributed by atoms with van der Waals surface area (Å²) in [6, 6.07) is 8.86. The fraction of sp³-hybridized carbons (Fsp3) is 0.522. The maximum atomic E-state index is 12.5. The van der Waals surface area contributed by atoms with Crippen molar-refractivity contribution in [2.75, 3.05) is 27.3 Å². The van der Waals surface area contributed by atoms with Crippen LogP contribution < -0.4 is 15.0 Å². The van der Waals surface area contributed by atoms with Crippen LogP contribution in [0.5, 0.6) is 11.5 Å². The van der Waals surface area contributed by atoms with Crippen LogP contribution in [0, 0.1) is 11.3 Å². The van der Waals surface area contributed by atoms with Crippen molar-refractivity contribution >= 4 is 5.91 Å². The molecule has 162 valence electrons. The van der Waals surface area contributed by atoms with E-state index in [-0.39, 0.29) is 16.9 Å². The van der Waals surface area contributed by atoms with Gasteiger partial charge in [0.15, 0.2) is 11.5 Å². The first kappa shape index (κ1) is 21.9. The van der Waals surface area contributed by atoms with E-state index in [1.54, 1.807) is 26.4 Å². The Balaban J connectivity index is 1.73. The van der Waals surface area contributed by atoms with E-state index in [2.05, 4.69) is 5.10 Å². The lowest BCUT2D eigenvalue weighted by atomic mass is 9.91. The summed E-state index contributed by atoms with van der Waals surface area (Å²) in [6.07, 6.45) is 1.74. The van der Waals surface area contributed by atoms with Gasteiger partial charge in [-0.25, -0.2) is 4.68 Å². The second-order valence-corrected chi connectivity index (χ2v) is 8.79. The number of hydrogen-bond donors (Lipinski definition) is 0. The molecule has 1 fully saturated rings. The lowest BCUT2D eigenvalue weighted by Crippen LogP contribution is -2.45. The number of benzene rings is 1. The smallest absolute Gasteiger partial charge is 0.266 e. The van der Waals surface area contributed by atoms with Gasteiger partial charge in [-0.2, -0.15) is 5.10 Å². The van der Waals surface area contributed by atoms with Crippen molar-refractivity contribution in [2.24, 2.45) is 11.3 Å². The number of nitrogens with zero attached hydrogens (tertiary/aromatic N) is 3. The summed E-state index contributed by atoms with van der Waals surface area (Å²) in [5.41, 5.74) is 1.08. The minimum atomic E-state index is -0.362. The van der Waals surface area contributed by atoms with E-state index in [0.717, 1.165) is 31.5 Å². The Bertz CT molecular complexity index is 954. The number of methoxy groups -OCH3 is 2. The maximum absolute atomic E-state index is 12.5. The number of carbonyl (C=O) groups excluding carboxylic acids is 1. The lowest BCUT2D eigenvalue weighted by molar-refractivity contribution is -0.140. The molecule has 0 N–H and O–H groups in total. The maximum Gasteiger partial charge on any atom is 0.266 e. The molecule has 1 aromatic heterocycles. The van der Waals surface area contributed by atoms with Gasteiger partial charge >= 0.3 is 0 Å². The fourth-order valence-corrected chi connectivity index (χ4v) is 3.77. The number of ether oxygens (including phenoxy) is 2. The van der Waals surface area contributed by atoms with Gasteiger partial charge in [-0.1, -0.05) is 20.8 Å². The van der Waals surface area contributed by atoms with Gasteiger partial charge in [0.25, 0.3) is 5.56 Å². The van der Waals surface area contributed by atoms with Crippen LogP contribution >= 0.6 is 0 Å². The molecule has 1 saturated heterocycles. The Morgan fingerprint density at radius 2 is 1.73 bits per heavy atom. The average molecular weight is 414 g/mol. The van der Waals surface area contributed by atoms with Crippen molar-refractivity contribution in [1.82, 2.24) is 14.7 Å². The Labute approximate surface area is 177 Å². The standard InChI is InChI=1S/C23H31N3O4/c1-23(2,3)22(28)25-12-10-16(11-13-25)15-26-21(27)9-7-18(24-26)17-6-8-19(29-4)20(14-17)30-5/h6-9,14,16H,10-13,15H2,1-5H3. The first-order valence-electron chi connectivity index (χ1n) is 10.3. The van der Waals surface area contributed by atoms with E-state index in [1.165, 1.54) is 4.68 Å². The van der Waals surface area contributed by atoms with E-state index in [9.17, 15) is 9.59 Å². The van der Waals surface area contributed by atoms with Crippen molar-refractivity contribution in [3.05, 3.63) is 40.7 Å². The molecule has 0 spiro atoms. The highest BCUT2D eigenvalue weighted by atomic mass is 16.5. The van der Waals surface area contributed by atoms with Gasteiger partial charge in [-0.05, 0) is 43.0 Å². The van der Waals surface area contributed by atoms with E-state index in [4.69, 9.17) is 9.47 Å². The molecular weight excluding hydrogens is 382 g/mol. The number of carbonyl (C=O) groups is 1. The molecule has 2 heterocycles. The summed E-state index contributed by atoms with van der Waals surface area (Å²) >= 11 is 0. The van der Waals surface area contributed by atoms with Crippen LogP contribution in [0.4, 0.5) is 0 Å². The van der Waals surface area contributed by atoms with E-state index in [0.29, 0.717) is 29.7 Å². The predicted molar refractivity (Wildman–Crippen MR) is 116 cm³/mol. The van der Waals surface area contributed by atoms with Gasteiger partial charge in [0.05, 0.1) is 19.9 Å². The molecule has 3 rings (SSSR count). The minimum Gasteiger partial charge on any atom is -0.493 e. The van der Waals surface area contributed by atoms with Crippen LogP contribution in [-0.2, 0) is 11.3 Å². The normalized spacial score (nSPS) is 15.2. The Morgan fingerprint density at radius 1 is 1.07 bits per heavy atom. The highest BCUT2D eigenvalue weighted by molar-refractivity contribution is 5.81. The van der Waals surface area contributed by atoms with Gasteiger partial charge in [0.1, 0.15) is 0 Å². The summed E-state index contributed by atoms with van der Waals surface area (Å²) in [5, 5.41) is 4.59. The van der Waals surface area contributed by atoms with Gasteiger partial charge in [0, 0.05) is 36.7 Å². The van der Waals surface area contributed by atoms with Crippen LogP contribution in [0.1, 0.15) is 33.6 Å². The molecule has 1 aliphatic heterocycles. The topological polar surface area (TPSA) is 73.7 Å². The van der Waals surface area contributed by atoms with Crippen molar-refractivity contribution in [2.45, 2.75) is 40.2 Å². The molecule has 0 unspecified atom stereocenters. The third-order valence-electron chi connectivity index (χ3n) is 5.52. The van der Waals surface area contributed by atoms with E-state index in [1.807, 2.05) is 43.9 Å². The number of rotatable bonds is 5. The Kier molecular flexibility index (Phi) is 6.48. The fourth-order valence-electron chi connectivity index (χ4n) is 3.77. The van der Waals surface area contributed by atoms with Crippen molar-refractivity contribution in [1.29, 1.82) is 0 Å². The van der Waals surface area contributed by atoms with Crippen LogP contribution in [0.25, 0.3) is 11.3 Å². The predicted octanol–water partition coefficient (Wildman–Crippen LogP) is 3.21. The molecule has 0 atom stereocenters. The van der Waals surface area contributed by atoms with Crippen molar-refractivity contribution in [3.63, 3.8) is 0 Å². The summed E-state index contributed by atoms with van der Waals surface area (Å²) < 4.78 is 12.2. The zero-order chi connectivity index (χ0) is 21.9. The summed E-state index contributed by atoms with van der Waals surface area (Å²) in [5.74, 6) is 1.77. The molecular formula is C23H31N3O4. The third kappa shape index (κ3) is 4.83. The quantitative estimate of drug-likeness (QED) is 0.753. The zero-order valence-electron chi connectivity index (χ0n) is 18.5. The molecule has 7 heteroatoms. The number of piperidine rings is 1. The van der Waals surface area contributed by atoms with Crippen molar-refractivity contribution < 1.29 is 14.3 Å². The van der Waals surface area contributed by atoms with Gasteiger partial charge in [-0.3, -0.25) is 9.59 Å². The Hall–Kier alpha value is -2.83. The third-order valence-corrected chi connectivity index (χ3v) is 5.52. The van der Waals surface area contributed by atoms with E-state index >= 15 is 0 Å². The first-order chi connectivity index (χ1) is 14.2. The summed E-state index contributed by atoms with van der Waals surface area (Å²) in [6.45, 7) is 7.85. The zero-order valence-corrected chi connectivity index (χ0v) is 18.5. The molecule has 1 aliphatic rings. The van der Waals surface area contributed by atoms with Crippen LogP contribution in [0.15, 0.2) is 35.1 Å². The molecule has 2 aromatic rings. The molecule has 1 aromatic carbocycles. The van der Waals surface area contributed by atoms with Crippen LogP contribution in [0.3, 0.4) is 0 Å². The average Bonchev–Trinajstić information content (AvgIpc) is 2.74. The number of aromatic nitrogens is 2. The second kappa shape index (κ2) is 8.90. The molecule has 0 radical (unpaired) electrons. The first-order valence-corrected chi connectivity index (χ1v) is 10.3. The molecule has 0 aliphatic carbocycles. The Morgan fingerprint density at radius 3 is 2.33 bits per heavy atom. The number of likely N-dealkylation sites (tertiary alicyclic amines) is 1. The second-order valence-electron chi connectivity index (χ2n) is 8.79. The minimum absolute atomic E-state index is 0.118. The monoisotopic (exact) mass is 413 g/mol. The number of amides is 1. The number of hydrogen-bond acceptors (Lipinski definition) is 5. The highest BCUT2D eigenvalue weighted by Crippen LogP contribution is 2.31. The molecule has 0 saturated carbocycles. The molecule has 30 heavy (non-hydrogen) atoms. The lowest BCUT2D eigenvalue weighted by Gasteiger charge is -2.35. The van der Waals surface area contributed by atoms with Gasteiger partial charge in [0.2, 0.25) is 5.91 Å². The summed E-state index contributed by atoms with van der Waals surface area (Å²) in [7, 11) is 3.18. The van der Waals surface area contributed by atoms with Crippen LogP contribution in [-0.4, -0.2) is 47.9 Å². The van der Waals surface area contributed by atoms with Gasteiger partial charge < -0.3 is 14.4 Å². The highest BCUT2D eigenvalue weighted by Gasteiger charge is 2.30. The largest absolute Gasteiger partial charge is 0.493 e. The molecule has 0 bridgehead atoms. The van der Waals surface area contributed by atoms with Crippen molar-refractivity contribution in [3.8, 4) is 22.8 Å².